The van der Waals surface area contributed by atoms with Crippen LogP contribution < -0.4 is 25.1 Å². The van der Waals surface area contributed by atoms with Crippen molar-refractivity contribution in [3.63, 3.8) is 0 Å². The van der Waals surface area contributed by atoms with E-state index in [9.17, 15) is 29.1 Å². The van der Waals surface area contributed by atoms with E-state index in [-0.39, 0.29) is 63.9 Å². The Morgan fingerprint density at radius 3 is 2.01 bits per heavy atom. The molecule has 17 heteroatoms. The number of ether oxygens (including phenoxy) is 2. The highest BCUT2D eigenvalue weighted by atomic mass is 28.4. The molecule has 1 heterocycles. The Labute approximate surface area is 407 Å². The minimum absolute atomic E-state index is 0.0301. The second kappa shape index (κ2) is 24.2. The molecule has 5 amide bonds. The molecule has 3 atom stereocenters. The Bertz CT molecular complexity index is 2140. The standard InChI is InChI=1S/C51H79N5O10Si2/c1-18-20-38-26-40(31-65-67(16,17)51(12,13)14)56(29-38)48(59)41-27-43(63-15)44(66-68(33(5)6,34(7)8)35(9)10)28-42(41)54-49(60)64-30-37-21-23-39(24-22-37)53-46(57)36(11)52-47(58)45(32(3)4)55(25-19-2)50(61)62/h18-24,27-29,32-36,40,45H,2,25-26,30-31H2,1,3-17H3,(H,52,58)(H,53,57)(H,54,60)(H,61,62). The monoisotopic (exact) mass is 978 g/mol. The van der Waals surface area contributed by atoms with Gasteiger partial charge in [-0.05, 0) is 90.3 Å². The van der Waals surface area contributed by atoms with Crippen LogP contribution in [-0.2, 0) is 25.4 Å². The first-order valence-corrected chi connectivity index (χ1v) is 28.7. The number of rotatable bonds is 22. The third kappa shape index (κ3) is 14.1. The molecular formula is C51H79N5O10Si2. The number of benzene rings is 2. The Morgan fingerprint density at radius 1 is 0.912 bits per heavy atom. The van der Waals surface area contributed by atoms with Gasteiger partial charge in [-0.3, -0.25) is 24.6 Å². The van der Waals surface area contributed by atoms with Crippen LogP contribution in [0.3, 0.4) is 0 Å². The number of hydrogen-bond donors (Lipinski definition) is 4. The van der Waals surface area contributed by atoms with Gasteiger partial charge in [0.15, 0.2) is 14.1 Å². The average Bonchev–Trinajstić information content (AvgIpc) is 3.65. The molecule has 0 aliphatic carbocycles. The van der Waals surface area contributed by atoms with Gasteiger partial charge in [0.05, 0.1) is 31.0 Å². The van der Waals surface area contributed by atoms with Crippen LogP contribution in [0.4, 0.5) is 21.0 Å². The zero-order chi connectivity index (χ0) is 51.5. The number of carbonyl (C=O) groups is 5. The minimum Gasteiger partial charge on any atom is -0.540 e. The van der Waals surface area contributed by atoms with E-state index in [4.69, 9.17) is 18.3 Å². The quantitative estimate of drug-likeness (QED) is 0.0654. The molecule has 0 spiro atoms. The number of carboxylic acid groups (broad SMARTS) is 1. The predicted octanol–water partition coefficient (Wildman–Crippen LogP) is 11.3. The molecule has 376 valence electrons. The second-order valence-electron chi connectivity index (χ2n) is 20.3. The summed E-state index contributed by atoms with van der Waals surface area (Å²) in [5.41, 5.74) is 3.06. The molecule has 2 aromatic carbocycles. The average molecular weight is 978 g/mol. The maximum absolute atomic E-state index is 14.9. The molecule has 4 N–H and O–H groups in total. The number of methoxy groups -OCH3 is 1. The lowest BCUT2D eigenvalue weighted by molar-refractivity contribution is -0.130. The van der Waals surface area contributed by atoms with Crippen LogP contribution in [0, 0.1) is 5.92 Å². The maximum Gasteiger partial charge on any atom is 0.411 e. The number of nitrogens with one attached hydrogen (secondary N) is 3. The van der Waals surface area contributed by atoms with Crippen molar-refractivity contribution in [2.75, 3.05) is 30.9 Å². The maximum atomic E-state index is 14.9. The first kappa shape index (κ1) is 56.9. The van der Waals surface area contributed by atoms with Crippen molar-refractivity contribution in [1.82, 2.24) is 15.1 Å². The summed E-state index contributed by atoms with van der Waals surface area (Å²) in [4.78, 5) is 69.5. The number of anilines is 2. The molecule has 0 aromatic heterocycles. The van der Waals surface area contributed by atoms with E-state index >= 15 is 0 Å². The smallest absolute Gasteiger partial charge is 0.411 e. The van der Waals surface area contributed by atoms with Gasteiger partial charge in [-0.2, -0.15) is 0 Å². The molecule has 0 radical (unpaired) electrons. The van der Waals surface area contributed by atoms with Crippen LogP contribution in [0.1, 0.15) is 112 Å². The number of hydrogen-bond acceptors (Lipinski definition) is 9. The fraction of sp³-hybridized carbons (Fsp3) is 0.549. The molecule has 15 nitrogen and oxygen atoms in total. The molecule has 1 aliphatic rings. The largest absolute Gasteiger partial charge is 0.540 e. The van der Waals surface area contributed by atoms with E-state index in [2.05, 4.69) is 97.9 Å². The van der Waals surface area contributed by atoms with Crippen molar-refractivity contribution in [3.05, 3.63) is 84.1 Å². The molecule has 0 saturated carbocycles. The van der Waals surface area contributed by atoms with Crippen molar-refractivity contribution < 1.29 is 47.4 Å². The Hall–Kier alpha value is -5.40. The fourth-order valence-electron chi connectivity index (χ4n) is 8.53. The summed E-state index contributed by atoms with van der Waals surface area (Å²) in [5.74, 6) is -1.05. The van der Waals surface area contributed by atoms with Crippen LogP contribution >= 0.6 is 0 Å². The number of allylic oxidation sites excluding steroid dienone is 2. The Balaban J connectivity index is 1.92. The Kier molecular flexibility index (Phi) is 20.3. The van der Waals surface area contributed by atoms with Gasteiger partial charge in [-0.15, -0.1) is 6.58 Å². The van der Waals surface area contributed by atoms with Crippen LogP contribution in [0.5, 0.6) is 11.5 Å². The van der Waals surface area contributed by atoms with Crippen LogP contribution in [-0.4, -0.2) is 99.8 Å². The van der Waals surface area contributed by atoms with Gasteiger partial charge in [0.25, 0.3) is 14.2 Å². The lowest BCUT2D eigenvalue weighted by Crippen LogP contribution is -2.55. The number of carbonyl (C=O) groups excluding carboxylic acids is 4. The van der Waals surface area contributed by atoms with Gasteiger partial charge in [-0.1, -0.05) is 107 Å². The van der Waals surface area contributed by atoms with Crippen LogP contribution in [0.25, 0.3) is 0 Å². The molecule has 3 rings (SSSR count). The zero-order valence-electron chi connectivity index (χ0n) is 43.4. The summed E-state index contributed by atoms with van der Waals surface area (Å²) in [7, 11) is -3.18. The zero-order valence-corrected chi connectivity index (χ0v) is 45.4. The van der Waals surface area contributed by atoms with E-state index in [1.54, 1.807) is 55.1 Å². The minimum atomic E-state index is -2.55. The van der Waals surface area contributed by atoms with Crippen molar-refractivity contribution in [3.8, 4) is 11.5 Å². The third-order valence-corrected chi connectivity index (χ3v) is 23.6. The van der Waals surface area contributed by atoms with Gasteiger partial charge in [0, 0.05) is 24.5 Å². The highest BCUT2D eigenvalue weighted by Crippen LogP contribution is 2.46. The second-order valence-corrected chi connectivity index (χ2v) is 30.5. The van der Waals surface area contributed by atoms with Crippen molar-refractivity contribution in [2.24, 2.45) is 5.92 Å². The molecule has 2 aromatic rings. The lowest BCUT2D eigenvalue weighted by Gasteiger charge is -2.42. The van der Waals surface area contributed by atoms with Crippen LogP contribution in [0.2, 0.25) is 34.8 Å². The first-order chi connectivity index (χ1) is 31.6. The summed E-state index contributed by atoms with van der Waals surface area (Å²) in [6.45, 7) is 34.6. The van der Waals surface area contributed by atoms with Crippen molar-refractivity contribution in [1.29, 1.82) is 0 Å². The Morgan fingerprint density at radius 2 is 1.51 bits per heavy atom. The lowest BCUT2D eigenvalue weighted by atomic mass is 10.0. The highest BCUT2D eigenvalue weighted by Gasteiger charge is 2.48. The summed E-state index contributed by atoms with van der Waals surface area (Å²) in [6, 6.07) is 7.60. The summed E-state index contributed by atoms with van der Waals surface area (Å²) >= 11 is 0. The van der Waals surface area contributed by atoms with Gasteiger partial charge in [0.2, 0.25) is 11.8 Å². The highest BCUT2D eigenvalue weighted by molar-refractivity contribution is 6.78. The van der Waals surface area contributed by atoms with E-state index in [1.807, 2.05) is 25.3 Å². The van der Waals surface area contributed by atoms with Gasteiger partial charge < -0.3 is 39.0 Å². The summed E-state index contributed by atoms with van der Waals surface area (Å²) in [5, 5.41) is 17.9. The fourth-order valence-corrected chi connectivity index (χ4v) is 14.8. The molecular weight excluding hydrogens is 899 g/mol. The number of amides is 5. The predicted molar refractivity (Wildman–Crippen MR) is 275 cm³/mol. The normalized spacial score (nSPS) is 15.3. The molecule has 3 unspecified atom stereocenters. The molecule has 0 bridgehead atoms. The molecule has 0 saturated heterocycles. The molecule has 1 aliphatic heterocycles. The SMILES string of the molecule is C=CCN(C(=O)O)C(C(=O)NC(C)C(=O)Nc1ccc(COC(=O)Nc2cc(O[Si](C(C)C)(C(C)C)C(C)C)c(OC)cc2C(=O)N2C=C(C=CC)CC2CO[Si](C)(C)C(C)(C)C)cc1)C(C)C. The first-order valence-electron chi connectivity index (χ1n) is 23.6. The topological polar surface area (TPSA) is 185 Å². The molecule has 0 fully saturated rings. The van der Waals surface area contributed by atoms with Crippen LogP contribution in [0.15, 0.2) is 73.0 Å². The number of nitrogens with zero attached hydrogens (tertiary/aromatic N) is 2. The van der Waals surface area contributed by atoms with Crippen molar-refractivity contribution >= 4 is 57.9 Å². The summed E-state index contributed by atoms with van der Waals surface area (Å²) < 4.78 is 25.4. The van der Waals surface area contributed by atoms with E-state index in [1.165, 1.54) is 20.1 Å². The van der Waals surface area contributed by atoms with Gasteiger partial charge in [0.1, 0.15) is 24.4 Å². The van der Waals surface area contributed by atoms with E-state index < -0.39 is 52.7 Å². The van der Waals surface area contributed by atoms with E-state index in [0.29, 0.717) is 35.8 Å². The van der Waals surface area contributed by atoms with Gasteiger partial charge in [-0.25, -0.2) is 9.59 Å². The van der Waals surface area contributed by atoms with Crippen molar-refractivity contribution in [2.45, 2.75) is 156 Å². The van der Waals surface area contributed by atoms with Gasteiger partial charge >= 0.3 is 12.2 Å². The third-order valence-electron chi connectivity index (χ3n) is 13.1. The molecule has 68 heavy (non-hydrogen) atoms. The van der Waals surface area contributed by atoms with E-state index in [0.717, 1.165) is 10.5 Å². The summed E-state index contributed by atoms with van der Waals surface area (Å²) in [6.07, 6.45) is 5.69.